The predicted molar refractivity (Wildman–Crippen MR) is 103 cm³/mol. The van der Waals surface area contributed by atoms with E-state index < -0.39 is 15.6 Å². The first-order chi connectivity index (χ1) is 14.6. The maximum absolute atomic E-state index is 12.1. The molecule has 0 fully saturated rings. The molecular formula is C18H14F3N5O4S. The summed E-state index contributed by atoms with van der Waals surface area (Å²) in [5.74, 6) is 0.742. The fraction of sp³-hybridized carbons (Fsp3) is 0.167. The molecule has 1 aliphatic heterocycles. The quantitative estimate of drug-likeness (QED) is 0.311. The Bertz CT molecular complexity index is 1380. The van der Waals surface area contributed by atoms with E-state index in [0.717, 1.165) is 28.6 Å². The summed E-state index contributed by atoms with van der Waals surface area (Å²) in [5.41, 5.74) is -2.44. The summed E-state index contributed by atoms with van der Waals surface area (Å²) in [5, 5.41) is 21.7. The van der Waals surface area contributed by atoms with E-state index in [-0.39, 0.29) is 11.1 Å². The molecule has 31 heavy (non-hydrogen) atoms. The minimum Gasteiger partial charge on any atom is -0.508 e. The van der Waals surface area contributed by atoms with E-state index in [0.29, 0.717) is 17.7 Å². The molecule has 5 rings (SSSR count). The SMILES string of the molecule is Cc1c(O)ccc2c1Cn1nnnc1-2.O=S(=O)(Oc1cccc2c[nH]cc12)C(F)(F)F. The molecule has 2 aromatic carbocycles. The molecule has 0 bridgehead atoms. The van der Waals surface area contributed by atoms with Gasteiger partial charge in [0.1, 0.15) is 5.75 Å². The largest absolute Gasteiger partial charge is 0.534 e. The van der Waals surface area contributed by atoms with Crippen LogP contribution in [0.25, 0.3) is 22.2 Å². The van der Waals surface area contributed by atoms with Crippen LogP contribution in [-0.2, 0) is 16.7 Å². The first-order valence-electron chi connectivity index (χ1n) is 8.73. The Morgan fingerprint density at radius 3 is 2.71 bits per heavy atom. The second-order valence-corrected chi connectivity index (χ2v) is 8.13. The highest BCUT2D eigenvalue weighted by Gasteiger charge is 2.48. The fourth-order valence-corrected chi connectivity index (χ4v) is 3.58. The van der Waals surface area contributed by atoms with Gasteiger partial charge >= 0.3 is 15.6 Å². The molecule has 0 radical (unpaired) electrons. The fourth-order valence-electron chi connectivity index (χ4n) is 3.11. The zero-order valence-electron chi connectivity index (χ0n) is 15.8. The van der Waals surface area contributed by atoms with Crippen molar-refractivity contribution in [2.45, 2.75) is 19.0 Å². The van der Waals surface area contributed by atoms with Gasteiger partial charge < -0.3 is 14.3 Å². The number of aromatic nitrogens is 5. The lowest BCUT2D eigenvalue weighted by Crippen LogP contribution is -2.28. The van der Waals surface area contributed by atoms with E-state index >= 15 is 0 Å². The maximum Gasteiger partial charge on any atom is 0.534 e. The highest BCUT2D eigenvalue weighted by Crippen LogP contribution is 2.35. The number of hydrogen-bond donors (Lipinski definition) is 2. The number of benzene rings is 2. The zero-order valence-corrected chi connectivity index (χ0v) is 16.6. The van der Waals surface area contributed by atoms with E-state index in [1.807, 2.05) is 13.0 Å². The summed E-state index contributed by atoms with van der Waals surface area (Å²) >= 11 is 0. The van der Waals surface area contributed by atoms with Gasteiger partial charge in [0.05, 0.1) is 6.54 Å². The second-order valence-electron chi connectivity index (χ2n) is 6.59. The van der Waals surface area contributed by atoms with Gasteiger partial charge in [-0.1, -0.05) is 12.1 Å². The van der Waals surface area contributed by atoms with Crippen molar-refractivity contribution in [2.24, 2.45) is 0 Å². The number of nitrogens with one attached hydrogen (secondary N) is 1. The smallest absolute Gasteiger partial charge is 0.508 e. The van der Waals surface area contributed by atoms with Crippen LogP contribution >= 0.6 is 0 Å². The summed E-state index contributed by atoms with van der Waals surface area (Å²) in [4.78, 5) is 2.65. The summed E-state index contributed by atoms with van der Waals surface area (Å²) < 4.78 is 63.8. The monoisotopic (exact) mass is 453 g/mol. The van der Waals surface area contributed by atoms with Crippen LogP contribution in [0.2, 0.25) is 0 Å². The predicted octanol–water partition coefficient (Wildman–Crippen LogP) is 3.11. The molecule has 0 amide bonds. The van der Waals surface area contributed by atoms with Crippen LogP contribution in [0.5, 0.6) is 11.5 Å². The minimum atomic E-state index is -5.63. The van der Waals surface area contributed by atoms with Crippen LogP contribution in [0, 0.1) is 6.92 Å². The highest BCUT2D eigenvalue weighted by molar-refractivity contribution is 7.88. The summed E-state index contributed by atoms with van der Waals surface area (Å²) in [7, 11) is -5.63. The number of H-pyrrole nitrogens is 1. The molecule has 9 nitrogen and oxygen atoms in total. The van der Waals surface area contributed by atoms with Gasteiger partial charge in [0.2, 0.25) is 0 Å². The van der Waals surface area contributed by atoms with Gasteiger partial charge in [-0.25, -0.2) is 4.68 Å². The average molecular weight is 453 g/mol. The van der Waals surface area contributed by atoms with Crippen LogP contribution in [0.3, 0.4) is 0 Å². The second kappa shape index (κ2) is 7.27. The molecule has 2 aromatic heterocycles. The molecule has 1 aliphatic rings. The van der Waals surface area contributed by atoms with Gasteiger partial charge in [0.25, 0.3) is 0 Å². The first-order valence-corrected chi connectivity index (χ1v) is 10.1. The van der Waals surface area contributed by atoms with Crippen molar-refractivity contribution in [1.29, 1.82) is 0 Å². The Morgan fingerprint density at radius 1 is 1.19 bits per heavy atom. The Hall–Kier alpha value is -3.61. The summed E-state index contributed by atoms with van der Waals surface area (Å²) in [6, 6.07) is 7.70. The van der Waals surface area contributed by atoms with Gasteiger partial charge in [-0.05, 0) is 46.7 Å². The van der Waals surface area contributed by atoms with E-state index in [4.69, 9.17) is 0 Å². The number of rotatable bonds is 2. The molecule has 2 N–H and O–H groups in total. The molecule has 0 saturated carbocycles. The van der Waals surface area contributed by atoms with Gasteiger partial charge in [0.15, 0.2) is 11.6 Å². The van der Waals surface area contributed by atoms with E-state index in [2.05, 4.69) is 24.7 Å². The molecule has 3 heterocycles. The van der Waals surface area contributed by atoms with Crippen molar-refractivity contribution in [3.63, 3.8) is 0 Å². The van der Waals surface area contributed by atoms with Crippen molar-refractivity contribution in [2.75, 3.05) is 0 Å². The van der Waals surface area contributed by atoms with Crippen molar-refractivity contribution in [3.8, 4) is 22.9 Å². The number of fused-ring (bicyclic) bond motifs is 4. The lowest BCUT2D eigenvalue weighted by Gasteiger charge is -2.09. The summed E-state index contributed by atoms with van der Waals surface area (Å²) in [6.45, 7) is 2.55. The number of nitrogens with zero attached hydrogens (tertiary/aromatic N) is 4. The van der Waals surface area contributed by atoms with Gasteiger partial charge in [0, 0.05) is 28.7 Å². The Kier molecular flexibility index (Phi) is 4.84. The molecular weight excluding hydrogens is 439 g/mol. The number of phenolic OH excluding ortho intramolecular Hbond substituents is 1. The number of hydrogen-bond acceptors (Lipinski definition) is 7. The van der Waals surface area contributed by atoms with Crippen molar-refractivity contribution in [3.05, 3.63) is 53.9 Å². The minimum absolute atomic E-state index is 0.264. The third kappa shape index (κ3) is 3.67. The van der Waals surface area contributed by atoms with Crippen LogP contribution < -0.4 is 4.18 Å². The third-order valence-electron chi connectivity index (χ3n) is 4.70. The van der Waals surface area contributed by atoms with Crippen LogP contribution in [0.1, 0.15) is 11.1 Å². The number of halogens is 3. The van der Waals surface area contributed by atoms with Crippen LogP contribution in [0.4, 0.5) is 13.2 Å². The molecule has 0 saturated heterocycles. The van der Waals surface area contributed by atoms with Gasteiger partial charge in [-0.3, -0.25) is 0 Å². The number of aromatic hydroxyl groups is 1. The van der Waals surface area contributed by atoms with Crippen LogP contribution in [-0.4, -0.2) is 44.2 Å². The van der Waals surface area contributed by atoms with Crippen molar-refractivity contribution < 1.29 is 30.9 Å². The summed E-state index contributed by atoms with van der Waals surface area (Å²) in [6.07, 6.45) is 2.87. The highest BCUT2D eigenvalue weighted by atomic mass is 32.2. The zero-order chi connectivity index (χ0) is 22.4. The average Bonchev–Trinajstić information content (AvgIpc) is 3.40. The molecule has 13 heteroatoms. The topological polar surface area (TPSA) is 123 Å². The van der Waals surface area contributed by atoms with Gasteiger partial charge in [-0.2, -0.15) is 21.6 Å². The maximum atomic E-state index is 12.1. The Labute approximate surface area is 173 Å². The lowest BCUT2D eigenvalue weighted by molar-refractivity contribution is -0.0499. The van der Waals surface area contributed by atoms with Crippen LogP contribution in [0.15, 0.2) is 42.7 Å². The normalized spacial score (nSPS) is 12.8. The number of aromatic amines is 1. The molecule has 0 aliphatic carbocycles. The van der Waals surface area contributed by atoms with Crippen molar-refractivity contribution in [1.82, 2.24) is 25.2 Å². The molecule has 162 valence electrons. The standard InChI is InChI=1S/C9H6F3NO3S.C9H8N4O/c10-9(11,12)17(14,15)16-8-3-1-2-6-4-13-5-7(6)8;1-5-7-4-13-9(10-11-12-13)6(7)2-3-8(5)14/h1-5,13H;2-3,14H,4H2,1H3. The molecule has 0 spiro atoms. The van der Waals surface area contributed by atoms with Gasteiger partial charge in [-0.15, -0.1) is 5.10 Å². The van der Waals surface area contributed by atoms with E-state index in [1.54, 1.807) is 16.8 Å². The third-order valence-corrected chi connectivity index (χ3v) is 5.67. The van der Waals surface area contributed by atoms with E-state index in [9.17, 15) is 26.7 Å². The Balaban J connectivity index is 0.000000151. The van der Waals surface area contributed by atoms with Crippen molar-refractivity contribution >= 4 is 20.9 Å². The number of tetrazole rings is 1. The molecule has 4 aromatic rings. The Morgan fingerprint density at radius 2 is 1.97 bits per heavy atom. The number of phenols is 1. The lowest BCUT2D eigenvalue weighted by atomic mass is 10.0. The number of alkyl halides is 3. The van der Waals surface area contributed by atoms with E-state index in [1.165, 1.54) is 18.5 Å². The molecule has 0 unspecified atom stereocenters. The molecule has 0 atom stereocenters. The first kappa shape index (κ1) is 20.7.